The molecule has 0 aliphatic carbocycles. The van der Waals surface area contributed by atoms with Gasteiger partial charge in [-0.25, -0.2) is 4.79 Å². The van der Waals surface area contributed by atoms with Gasteiger partial charge in [-0.05, 0) is 60.5 Å². The second-order valence-electron chi connectivity index (χ2n) is 11.6. The van der Waals surface area contributed by atoms with Crippen LogP contribution >= 0.6 is 0 Å². The first-order chi connectivity index (χ1) is 17.7. The van der Waals surface area contributed by atoms with Crippen molar-refractivity contribution in [1.82, 2.24) is 24.1 Å². The number of piperazine rings is 1. The standard InChI is InChI=1S/C26H38N6O6/c1-17-20(29-10-12-30(13-11-29)24(35)38-26(5,6)7)22(34)32-23(31(17)16-19(33)37-25(2,3)4)27-21(28-32)18-8-14-36-15-9-18/h8H,9-16H2,1-7H3. The summed E-state index contributed by atoms with van der Waals surface area (Å²) in [4.78, 5) is 47.4. The molecule has 12 nitrogen and oxygen atoms in total. The van der Waals surface area contributed by atoms with E-state index in [1.54, 1.807) is 37.2 Å². The highest BCUT2D eigenvalue weighted by Gasteiger charge is 2.30. The van der Waals surface area contributed by atoms with Crippen LogP contribution in [0.2, 0.25) is 0 Å². The zero-order valence-electron chi connectivity index (χ0n) is 23.4. The van der Waals surface area contributed by atoms with Crippen LogP contribution in [0.4, 0.5) is 10.5 Å². The first kappa shape index (κ1) is 27.6. The molecule has 38 heavy (non-hydrogen) atoms. The van der Waals surface area contributed by atoms with Crippen molar-refractivity contribution in [3.05, 3.63) is 27.9 Å². The first-order valence-corrected chi connectivity index (χ1v) is 13.0. The number of hydrogen-bond donors (Lipinski definition) is 0. The Kier molecular flexibility index (Phi) is 7.55. The number of fused-ring (bicyclic) bond motifs is 1. The monoisotopic (exact) mass is 530 g/mol. The van der Waals surface area contributed by atoms with Gasteiger partial charge in [-0.2, -0.15) is 9.50 Å². The second kappa shape index (κ2) is 10.4. The van der Waals surface area contributed by atoms with Gasteiger partial charge >= 0.3 is 12.1 Å². The number of carbonyl (C=O) groups excluding carboxylic acids is 2. The lowest BCUT2D eigenvalue weighted by molar-refractivity contribution is -0.155. The van der Waals surface area contributed by atoms with E-state index in [4.69, 9.17) is 14.2 Å². The Morgan fingerprint density at radius 3 is 2.26 bits per heavy atom. The molecule has 0 spiro atoms. The minimum atomic E-state index is -0.660. The molecule has 12 heteroatoms. The number of anilines is 1. The van der Waals surface area contributed by atoms with Gasteiger partial charge in [-0.3, -0.25) is 9.59 Å². The fourth-order valence-corrected chi connectivity index (χ4v) is 4.51. The van der Waals surface area contributed by atoms with E-state index in [0.717, 1.165) is 5.57 Å². The number of aromatic nitrogens is 4. The molecule has 0 aromatic carbocycles. The van der Waals surface area contributed by atoms with E-state index >= 15 is 0 Å². The van der Waals surface area contributed by atoms with Crippen LogP contribution in [0.25, 0.3) is 11.4 Å². The zero-order valence-corrected chi connectivity index (χ0v) is 23.4. The second-order valence-corrected chi connectivity index (χ2v) is 11.6. The lowest BCUT2D eigenvalue weighted by atomic mass is 10.1. The highest BCUT2D eigenvalue weighted by molar-refractivity contribution is 5.72. The molecule has 0 bridgehead atoms. The largest absolute Gasteiger partial charge is 0.459 e. The summed E-state index contributed by atoms with van der Waals surface area (Å²) in [5.41, 5.74) is 0.327. The number of nitrogens with zero attached hydrogens (tertiary/aromatic N) is 6. The van der Waals surface area contributed by atoms with Gasteiger partial charge in [0, 0.05) is 31.9 Å². The van der Waals surface area contributed by atoms with Crippen LogP contribution in [0.5, 0.6) is 0 Å². The van der Waals surface area contributed by atoms with E-state index in [1.807, 2.05) is 31.7 Å². The predicted octanol–water partition coefficient (Wildman–Crippen LogP) is 2.40. The topological polar surface area (TPSA) is 121 Å². The maximum atomic E-state index is 13.8. The van der Waals surface area contributed by atoms with Gasteiger partial charge in [0.1, 0.15) is 23.4 Å². The smallest absolute Gasteiger partial charge is 0.410 e. The summed E-state index contributed by atoms with van der Waals surface area (Å²) in [6, 6.07) is 0. The number of rotatable bonds is 4. The number of esters is 1. The van der Waals surface area contributed by atoms with Gasteiger partial charge in [0.15, 0.2) is 5.82 Å². The summed E-state index contributed by atoms with van der Waals surface area (Å²) in [5, 5.41) is 4.54. The Morgan fingerprint density at radius 2 is 1.68 bits per heavy atom. The van der Waals surface area contributed by atoms with Gasteiger partial charge in [0.2, 0.25) is 5.78 Å². The van der Waals surface area contributed by atoms with Crippen molar-refractivity contribution in [3.8, 4) is 0 Å². The lowest BCUT2D eigenvalue weighted by Gasteiger charge is -2.37. The molecular formula is C26H38N6O6. The molecule has 2 aromatic heterocycles. The Bertz CT molecular complexity index is 1300. The molecule has 1 saturated heterocycles. The third-order valence-electron chi connectivity index (χ3n) is 6.18. The van der Waals surface area contributed by atoms with E-state index in [1.165, 1.54) is 4.52 Å². The molecule has 2 aliphatic heterocycles. The maximum Gasteiger partial charge on any atom is 0.410 e. The number of carbonyl (C=O) groups is 2. The van der Waals surface area contributed by atoms with Crippen molar-refractivity contribution in [2.45, 2.75) is 72.6 Å². The predicted molar refractivity (Wildman–Crippen MR) is 141 cm³/mol. The van der Waals surface area contributed by atoms with Gasteiger partial charge < -0.3 is 28.6 Å². The van der Waals surface area contributed by atoms with Crippen LogP contribution in [0.15, 0.2) is 10.9 Å². The average Bonchev–Trinajstić information content (AvgIpc) is 3.26. The van der Waals surface area contributed by atoms with Crippen LogP contribution in [0.1, 0.15) is 59.5 Å². The van der Waals surface area contributed by atoms with E-state index in [0.29, 0.717) is 63.0 Å². The summed E-state index contributed by atoms with van der Waals surface area (Å²) < 4.78 is 19.4. The average molecular weight is 531 g/mol. The molecule has 4 rings (SSSR count). The van der Waals surface area contributed by atoms with Crippen molar-refractivity contribution < 1.29 is 23.8 Å². The molecule has 0 unspecified atom stereocenters. The van der Waals surface area contributed by atoms with Crippen molar-refractivity contribution in [3.63, 3.8) is 0 Å². The van der Waals surface area contributed by atoms with E-state index in [9.17, 15) is 14.4 Å². The Morgan fingerprint density at radius 1 is 1.03 bits per heavy atom. The first-order valence-electron chi connectivity index (χ1n) is 13.0. The van der Waals surface area contributed by atoms with E-state index in [-0.39, 0.29) is 24.0 Å². The molecule has 0 saturated carbocycles. The molecule has 0 N–H and O–H groups in total. The minimum absolute atomic E-state index is 0.127. The minimum Gasteiger partial charge on any atom is -0.459 e. The number of amides is 1. The molecule has 0 atom stereocenters. The SMILES string of the molecule is Cc1c(N2CCN(C(=O)OC(C)(C)C)CC2)c(=O)n2nc(C3=CCOCC3)nc2n1CC(=O)OC(C)(C)C. The Hall–Kier alpha value is -3.41. The van der Waals surface area contributed by atoms with Gasteiger partial charge in [-0.1, -0.05) is 6.08 Å². The zero-order chi connectivity index (χ0) is 27.8. The van der Waals surface area contributed by atoms with E-state index in [2.05, 4.69) is 10.1 Å². The summed E-state index contributed by atoms with van der Waals surface area (Å²) in [6.07, 6.45) is 2.16. The van der Waals surface area contributed by atoms with Crippen molar-refractivity contribution in [2.24, 2.45) is 0 Å². The van der Waals surface area contributed by atoms with Crippen molar-refractivity contribution >= 4 is 29.1 Å². The van der Waals surface area contributed by atoms with Crippen molar-refractivity contribution in [2.75, 3.05) is 44.3 Å². The van der Waals surface area contributed by atoms with Gasteiger partial charge in [0.05, 0.1) is 13.2 Å². The molecular weight excluding hydrogens is 492 g/mol. The lowest BCUT2D eigenvalue weighted by Crippen LogP contribution is -2.51. The highest BCUT2D eigenvalue weighted by atomic mass is 16.6. The van der Waals surface area contributed by atoms with Crippen LogP contribution in [0.3, 0.4) is 0 Å². The summed E-state index contributed by atoms with van der Waals surface area (Å²) in [6.45, 7) is 15.2. The molecule has 2 aliphatic rings. The summed E-state index contributed by atoms with van der Waals surface area (Å²) in [5.74, 6) is 0.271. The summed E-state index contributed by atoms with van der Waals surface area (Å²) in [7, 11) is 0. The third kappa shape index (κ3) is 6.17. The molecule has 1 amide bonds. The molecule has 208 valence electrons. The van der Waals surface area contributed by atoms with Crippen LogP contribution in [0, 0.1) is 6.92 Å². The maximum absolute atomic E-state index is 13.8. The molecule has 1 fully saturated rings. The van der Waals surface area contributed by atoms with Gasteiger partial charge in [0.25, 0.3) is 5.56 Å². The van der Waals surface area contributed by atoms with Crippen molar-refractivity contribution in [1.29, 1.82) is 0 Å². The quantitative estimate of drug-likeness (QED) is 0.549. The Balaban J connectivity index is 1.71. The molecule has 4 heterocycles. The number of ether oxygens (including phenoxy) is 3. The fourth-order valence-electron chi connectivity index (χ4n) is 4.51. The van der Waals surface area contributed by atoms with Crippen LogP contribution in [-0.4, -0.2) is 86.7 Å². The summed E-state index contributed by atoms with van der Waals surface area (Å²) >= 11 is 0. The fraction of sp³-hybridized carbons (Fsp3) is 0.654. The highest BCUT2D eigenvalue weighted by Crippen LogP contribution is 2.23. The van der Waals surface area contributed by atoms with E-state index < -0.39 is 17.2 Å². The molecule has 2 aromatic rings. The number of hydrogen-bond acceptors (Lipinski definition) is 9. The molecule has 0 radical (unpaired) electrons. The normalized spacial score (nSPS) is 17.0. The third-order valence-corrected chi connectivity index (χ3v) is 6.18. The van der Waals surface area contributed by atoms with Crippen LogP contribution in [-0.2, 0) is 25.5 Å². The van der Waals surface area contributed by atoms with Crippen LogP contribution < -0.4 is 10.5 Å². The van der Waals surface area contributed by atoms with Gasteiger partial charge in [-0.15, -0.1) is 5.10 Å². The Labute approximate surface area is 222 Å².